The van der Waals surface area contributed by atoms with Crippen LogP contribution in [0.2, 0.25) is 0 Å². The summed E-state index contributed by atoms with van der Waals surface area (Å²) in [5.74, 6) is 4.27. The van der Waals surface area contributed by atoms with Gasteiger partial charge in [-0.2, -0.15) is 0 Å². The van der Waals surface area contributed by atoms with Gasteiger partial charge in [-0.25, -0.2) is 0 Å². The van der Waals surface area contributed by atoms with E-state index in [-0.39, 0.29) is 0 Å². The first-order valence-electron chi connectivity index (χ1n) is 5.79. The molecule has 12 heavy (non-hydrogen) atoms. The van der Waals surface area contributed by atoms with Gasteiger partial charge in [-0.05, 0) is 36.5 Å². The Kier molecular flexibility index (Phi) is 2.43. The van der Waals surface area contributed by atoms with Gasteiger partial charge in [-0.1, -0.05) is 39.5 Å². The fourth-order valence-electron chi connectivity index (χ4n) is 3.65. The van der Waals surface area contributed by atoms with E-state index in [1.54, 1.807) is 19.3 Å². The molecule has 70 valence electrons. The van der Waals surface area contributed by atoms with Crippen molar-refractivity contribution in [3.05, 3.63) is 0 Å². The van der Waals surface area contributed by atoms with Crippen LogP contribution in [0.5, 0.6) is 0 Å². The Labute approximate surface area is 76.7 Å². The maximum absolute atomic E-state index is 2.42. The standard InChI is InChI=1S/C12H22/c1-9(2)11-7-3-5-10-6-4-8-12(10)11/h9-12H,3-8H2,1-2H3/t10-,11+,12+/m1/s1. The molecule has 0 N–H and O–H groups in total. The summed E-state index contributed by atoms with van der Waals surface area (Å²) in [4.78, 5) is 0. The molecular weight excluding hydrogens is 144 g/mol. The molecule has 0 aromatic rings. The molecule has 2 aliphatic rings. The topological polar surface area (TPSA) is 0 Å². The van der Waals surface area contributed by atoms with Crippen molar-refractivity contribution in [1.82, 2.24) is 0 Å². The minimum Gasteiger partial charge on any atom is -0.0625 e. The van der Waals surface area contributed by atoms with Crippen molar-refractivity contribution in [2.24, 2.45) is 23.7 Å². The average molecular weight is 166 g/mol. The summed E-state index contributed by atoms with van der Waals surface area (Å²) in [5, 5.41) is 0. The van der Waals surface area contributed by atoms with Crippen molar-refractivity contribution >= 4 is 0 Å². The summed E-state index contributed by atoms with van der Waals surface area (Å²) < 4.78 is 0. The lowest BCUT2D eigenvalue weighted by molar-refractivity contribution is 0.138. The number of hydrogen-bond donors (Lipinski definition) is 0. The normalized spacial score (nSPS) is 41.8. The molecule has 0 bridgehead atoms. The van der Waals surface area contributed by atoms with Gasteiger partial charge in [0.15, 0.2) is 0 Å². The zero-order chi connectivity index (χ0) is 8.55. The summed E-state index contributed by atoms with van der Waals surface area (Å²) in [6, 6.07) is 0. The molecule has 2 aliphatic carbocycles. The van der Waals surface area contributed by atoms with Crippen molar-refractivity contribution in [2.45, 2.75) is 52.4 Å². The van der Waals surface area contributed by atoms with E-state index in [2.05, 4.69) is 13.8 Å². The summed E-state index contributed by atoms with van der Waals surface area (Å²) in [5.41, 5.74) is 0. The van der Waals surface area contributed by atoms with E-state index in [1.807, 2.05) is 0 Å². The van der Waals surface area contributed by atoms with Gasteiger partial charge in [0.1, 0.15) is 0 Å². The van der Waals surface area contributed by atoms with Gasteiger partial charge in [0.05, 0.1) is 0 Å². The van der Waals surface area contributed by atoms with Crippen LogP contribution in [-0.4, -0.2) is 0 Å². The molecule has 0 amide bonds. The Hall–Kier alpha value is 0. The quantitative estimate of drug-likeness (QED) is 0.555. The minimum absolute atomic E-state index is 0.941. The first-order chi connectivity index (χ1) is 5.79. The molecule has 3 atom stereocenters. The molecule has 0 saturated heterocycles. The van der Waals surface area contributed by atoms with Gasteiger partial charge >= 0.3 is 0 Å². The zero-order valence-corrected chi connectivity index (χ0v) is 8.55. The highest BCUT2D eigenvalue weighted by Crippen LogP contribution is 2.47. The first kappa shape index (κ1) is 8.59. The van der Waals surface area contributed by atoms with E-state index < -0.39 is 0 Å². The van der Waals surface area contributed by atoms with Crippen LogP contribution in [0.4, 0.5) is 0 Å². The van der Waals surface area contributed by atoms with Crippen LogP contribution in [0.15, 0.2) is 0 Å². The van der Waals surface area contributed by atoms with Gasteiger partial charge in [0.2, 0.25) is 0 Å². The lowest BCUT2D eigenvalue weighted by atomic mass is 9.69. The summed E-state index contributed by atoms with van der Waals surface area (Å²) in [6.45, 7) is 4.84. The van der Waals surface area contributed by atoms with Crippen LogP contribution in [-0.2, 0) is 0 Å². The average Bonchev–Trinajstić information content (AvgIpc) is 2.49. The smallest absolute Gasteiger partial charge is 0.0355 e. The van der Waals surface area contributed by atoms with E-state index in [0.717, 1.165) is 23.7 Å². The van der Waals surface area contributed by atoms with E-state index in [0.29, 0.717) is 0 Å². The monoisotopic (exact) mass is 166 g/mol. The highest BCUT2D eigenvalue weighted by Gasteiger charge is 2.37. The maximum atomic E-state index is 2.42. The molecule has 0 aromatic carbocycles. The molecule has 0 spiro atoms. The van der Waals surface area contributed by atoms with Crippen LogP contribution < -0.4 is 0 Å². The SMILES string of the molecule is CC(C)[C@@H]1CCC[C@@H]2CCC[C@@H]21. The predicted molar refractivity (Wildman–Crippen MR) is 53.0 cm³/mol. The zero-order valence-electron chi connectivity index (χ0n) is 8.55. The van der Waals surface area contributed by atoms with Gasteiger partial charge < -0.3 is 0 Å². The van der Waals surface area contributed by atoms with Crippen molar-refractivity contribution in [2.75, 3.05) is 0 Å². The fraction of sp³-hybridized carbons (Fsp3) is 1.00. The molecule has 2 fully saturated rings. The van der Waals surface area contributed by atoms with E-state index in [9.17, 15) is 0 Å². The van der Waals surface area contributed by atoms with Gasteiger partial charge in [0.25, 0.3) is 0 Å². The van der Waals surface area contributed by atoms with Gasteiger partial charge in [-0.15, -0.1) is 0 Å². The highest BCUT2D eigenvalue weighted by atomic mass is 14.4. The second-order valence-electron chi connectivity index (χ2n) is 5.19. The second kappa shape index (κ2) is 3.40. The fourth-order valence-corrected chi connectivity index (χ4v) is 3.65. The molecule has 0 heteroatoms. The maximum Gasteiger partial charge on any atom is -0.0355 e. The lowest BCUT2D eigenvalue weighted by Gasteiger charge is -2.36. The van der Waals surface area contributed by atoms with Crippen LogP contribution in [0, 0.1) is 23.7 Å². The van der Waals surface area contributed by atoms with Crippen molar-refractivity contribution in [3.8, 4) is 0 Å². The third-order valence-electron chi connectivity index (χ3n) is 4.24. The van der Waals surface area contributed by atoms with Crippen LogP contribution in [0.25, 0.3) is 0 Å². The van der Waals surface area contributed by atoms with Crippen molar-refractivity contribution < 1.29 is 0 Å². The molecule has 2 saturated carbocycles. The van der Waals surface area contributed by atoms with Crippen LogP contribution in [0.1, 0.15) is 52.4 Å². The molecule has 0 aliphatic heterocycles. The van der Waals surface area contributed by atoms with Crippen LogP contribution in [0.3, 0.4) is 0 Å². The molecule has 0 nitrogen and oxygen atoms in total. The Morgan fingerprint density at radius 3 is 2.25 bits per heavy atom. The number of hydrogen-bond acceptors (Lipinski definition) is 0. The molecular formula is C12H22. The minimum atomic E-state index is 0.941. The highest BCUT2D eigenvalue weighted by molar-refractivity contribution is 4.87. The lowest BCUT2D eigenvalue weighted by Crippen LogP contribution is -2.27. The first-order valence-corrected chi connectivity index (χ1v) is 5.79. The predicted octanol–water partition coefficient (Wildman–Crippen LogP) is 3.86. The Morgan fingerprint density at radius 2 is 1.58 bits per heavy atom. The van der Waals surface area contributed by atoms with E-state index >= 15 is 0 Å². The second-order valence-corrected chi connectivity index (χ2v) is 5.19. The Balaban J connectivity index is 2.03. The van der Waals surface area contributed by atoms with E-state index in [1.165, 1.54) is 19.3 Å². The molecule has 0 aromatic heterocycles. The third-order valence-corrected chi connectivity index (χ3v) is 4.24. The summed E-state index contributed by atoms with van der Waals surface area (Å²) >= 11 is 0. The Bertz CT molecular complexity index is 148. The van der Waals surface area contributed by atoms with E-state index in [4.69, 9.17) is 0 Å². The summed E-state index contributed by atoms with van der Waals surface area (Å²) in [7, 11) is 0. The Morgan fingerprint density at radius 1 is 0.917 bits per heavy atom. The van der Waals surface area contributed by atoms with Gasteiger partial charge in [0, 0.05) is 0 Å². The van der Waals surface area contributed by atoms with Crippen LogP contribution >= 0.6 is 0 Å². The summed E-state index contributed by atoms with van der Waals surface area (Å²) in [6.07, 6.45) is 9.22. The number of rotatable bonds is 1. The largest absolute Gasteiger partial charge is 0.0625 e. The molecule has 2 rings (SSSR count). The third kappa shape index (κ3) is 1.41. The van der Waals surface area contributed by atoms with Crippen molar-refractivity contribution in [3.63, 3.8) is 0 Å². The molecule has 0 unspecified atom stereocenters. The molecule has 0 heterocycles. The molecule has 0 radical (unpaired) electrons. The van der Waals surface area contributed by atoms with Crippen molar-refractivity contribution in [1.29, 1.82) is 0 Å². The number of fused-ring (bicyclic) bond motifs is 1. The van der Waals surface area contributed by atoms with Gasteiger partial charge in [-0.3, -0.25) is 0 Å².